The fourth-order valence-corrected chi connectivity index (χ4v) is 4.38. The van der Waals surface area contributed by atoms with Crippen LogP contribution < -0.4 is 21.5 Å². The number of anilines is 1. The lowest BCUT2D eigenvalue weighted by Crippen LogP contribution is -2.47. The van der Waals surface area contributed by atoms with Crippen LogP contribution in [0.2, 0.25) is 0 Å². The number of carbonyl (C=O) groups excluding carboxylic acids is 2. The lowest BCUT2D eigenvalue weighted by atomic mass is 10.0. The van der Waals surface area contributed by atoms with E-state index in [4.69, 9.17) is 16.2 Å². The molecule has 0 saturated carbocycles. The number of methoxy groups -OCH3 is 1. The van der Waals surface area contributed by atoms with E-state index >= 15 is 4.39 Å². The number of aromatic nitrogens is 2. The number of nitrogens with one attached hydrogen (secondary N) is 1. The second-order valence-corrected chi connectivity index (χ2v) is 9.04. The Morgan fingerprint density at radius 1 is 1.21 bits per heavy atom. The highest BCUT2D eigenvalue weighted by atomic mass is 19.3. The summed E-state index contributed by atoms with van der Waals surface area (Å²) in [6.45, 7) is -0.153. The van der Waals surface area contributed by atoms with E-state index in [1.54, 1.807) is 11.9 Å². The largest absolute Gasteiger partial charge is 0.496 e. The van der Waals surface area contributed by atoms with Crippen molar-refractivity contribution in [2.45, 2.75) is 24.9 Å². The summed E-state index contributed by atoms with van der Waals surface area (Å²) in [7, 11) is 3.00. The van der Waals surface area contributed by atoms with Gasteiger partial charge in [-0.05, 0) is 31.3 Å². The molecule has 9 nitrogen and oxygen atoms in total. The quantitative estimate of drug-likeness (QED) is 0.400. The molecule has 202 valence electrons. The molecule has 4 rings (SSSR count). The maximum Gasteiger partial charge on any atom is 0.272 e. The molecular formula is C25H26F4N6O3. The first-order valence-corrected chi connectivity index (χ1v) is 11.6. The van der Waals surface area contributed by atoms with Crippen molar-refractivity contribution in [3.8, 4) is 17.0 Å². The van der Waals surface area contributed by atoms with Gasteiger partial charge in [0.05, 0.1) is 12.7 Å². The van der Waals surface area contributed by atoms with E-state index < -0.39 is 41.8 Å². The van der Waals surface area contributed by atoms with Crippen LogP contribution in [0.15, 0.2) is 36.4 Å². The van der Waals surface area contributed by atoms with Gasteiger partial charge in [-0.2, -0.15) is 5.10 Å². The number of ether oxygens (including phenoxy) is 1. The van der Waals surface area contributed by atoms with E-state index in [0.29, 0.717) is 0 Å². The Morgan fingerprint density at radius 2 is 1.95 bits per heavy atom. The summed E-state index contributed by atoms with van der Waals surface area (Å²) in [5.41, 5.74) is 11.2. The van der Waals surface area contributed by atoms with E-state index in [0.717, 1.165) is 22.9 Å². The first-order chi connectivity index (χ1) is 17.9. The molecule has 1 fully saturated rings. The number of benzene rings is 2. The molecule has 0 bridgehead atoms. The molecule has 38 heavy (non-hydrogen) atoms. The highest BCUT2D eigenvalue weighted by Gasteiger charge is 2.46. The van der Waals surface area contributed by atoms with Gasteiger partial charge in [-0.15, -0.1) is 0 Å². The molecule has 1 aliphatic rings. The third kappa shape index (κ3) is 5.14. The second kappa shape index (κ2) is 10.3. The first-order valence-electron chi connectivity index (χ1n) is 11.6. The number of likely N-dealkylation sites (N-methyl/N-ethyl adjacent to an activating group) is 1. The van der Waals surface area contributed by atoms with Crippen molar-refractivity contribution in [2.75, 3.05) is 33.0 Å². The van der Waals surface area contributed by atoms with E-state index in [9.17, 15) is 22.8 Å². The molecule has 0 aliphatic carbocycles. The van der Waals surface area contributed by atoms with Crippen molar-refractivity contribution in [1.82, 2.24) is 20.0 Å². The predicted octanol–water partition coefficient (Wildman–Crippen LogP) is 2.96. The molecule has 2 aromatic carbocycles. The van der Waals surface area contributed by atoms with Crippen molar-refractivity contribution in [2.24, 2.45) is 5.73 Å². The van der Waals surface area contributed by atoms with Gasteiger partial charge in [0.2, 0.25) is 0 Å². The van der Waals surface area contributed by atoms with Crippen LogP contribution in [0.25, 0.3) is 11.3 Å². The van der Waals surface area contributed by atoms with Gasteiger partial charge in [0, 0.05) is 37.2 Å². The second-order valence-electron chi connectivity index (χ2n) is 9.04. The van der Waals surface area contributed by atoms with Crippen molar-refractivity contribution < 1.29 is 31.9 Å². The molecule has 1 aliphatic heterocycles. The number of carbonyl (C=O) groups is 2. The van der Waals surface area contributed by atoms with Gasteiger partial charge in [0.15, 0.2) is 0 Å². The zero-order chi connectivity index (χ0) is 27.8. The minimum absolute atomic E-state index is 0.0611. The summed E-state index contributed by atoms with van der Waals surface area (Å²) in [5.74, 6) is -6.46. The fourth-order valence-electron chi connectivity index (χ4n) is 4.38. The maximum absolute atomic E-state index is 15.0. The molecule has 1 aromatic heterocycles. The molecule has 0 radical (unpaired) electrons. The van der Waals surface area contributed by atoms with Crippen LogP contribution in [-0.2, 0) is 6.54 Å². The fraction of sp³-hybridized carbons (Fsp3) is 0.320. The van der Waals surface area contributed by atoms with E-state index in [-0.39, 0.29) is 59.1 Å². The topological polar surface area (TPSA) is 128 Å². The van der Waals surface area contributed by atoms with Crippen LogP contribution in [0.3, 0.4) is 0 Å². The Bertz CT molecular complexity index is 1390. The number of halogens is 4. The standard InChI is InChI=1S/C25H26F4N6O3/c1-34-8-7-25(28,29)19(12-34)35-22(30)20(23(31)36)21(33-35)13-3-4-14(17(27)9-13)11-32-24(37)16-10-15(26)5-6-18(16)38-2/h3-6,9-10,19H,7-8,11-12,30H2,1-2H3,(H2,31,36)(H,32,37). The van der Waals surface area contributed by atoms with E-state index in [1.807, 2.05) is 0 Å². The lowest BCUT2D eigenvalue weighted by molar-refractivity contribution is -0.0968. The summed E-state index contributed by atoms with van der Waals surface area (Å²) in [4.78, 5) is 26.4. The number of primary amides is 1. The van der Waals surface area contributed by atoms with Crippen LogP contribution in [0.5, 0.6) is 5.75 Å². The Labute approximate surface area is 215 Å². The number of amides is 2. The number of hydrogen-bond donors (Lipinski definition) is 3. The van der Waals surface area contributed by atoms with E-state index in [2.05, 4.69) is 10.4 Å². The smallest absolute Gasteiger partial charge is 0.272 e. The average Bonchev–Trinajstić information content (AvgIpc) is 3.21. The molecule has 1 saturated heterocycles. The Kier molecular flexibility index (Phi) is 7.31. The van der Waals surface area contributed by atoms with Gasteiger partial charge in [0.25, 0.3) is 17.7 Å². The third-order valence-electron chi connectivity index (χ3n) is 6.46. The number of rotatable bonds is 7. The Balaban J connectivity index is 1.62. The number of piperidine rings is 1. The average molecular weight is 535 g/mol. The van der Waals surface area contributed by atoms with Crippen molar-refractivity contribution in [1.29, 1.82) is 0 Å². The highest BCUT2D eigenvalue weighted by Crippen LogP contribution is 2.40. The first kappa shape index (κ1) is 26.9. The van der Waals surface area contributed by atoms with Crippen LogP contribution in [0.1, 0.15) is 38.7 Å². The summed E-state index contributed by atoms with van der Waals surface area (Å²) >= 11 is 0. The van der Waals surface area contributed by atoms with Gasteiger partial charge in [0.1, 0.15) is 40.5 Å². The minimum Gasteiger partial charge on any atom is -0.496 e. The highest BCUT2D eigenvalue weighted by molar-refractivity contribution is 6.03. The predicted molar refractivity (Wildman–Crippen MR) is 131 cm³/mol. The molecule has 0 spiro atoms. The molecule has 13 heteroatoms. The Hall–Kier alpha value is -4.13. The monoisotopic (exact) mass is 534 g/mol. The zero-order valence-electron chi connectivity index (χ0n) is 20.6. The number of likely N-dealkylation sites (tertiary alicyclic amines) is 1. The molecule has 2 heterocycles. The van der Waals surface area contributed by atoms with Gasteiger partial charge < -0.3 is 26.4 Å². The number of nitrogen functional groups attached to an aromatic ring is 1. The molecule has 1 unspecified atom stereocenters. The SMILES string of the molecule is COc1ccc(F)cc1C(=O)NCc1ccc(-c2nn(C3CN(C)CCC3(F)F)c(N)c2C(N)=O)cc1F. The number of nitrogens with zero attached hydrogens (tertiary/aromatic N) is 3. The summed E-state index contributed by atoms with van der Waals surface area (Å²) in [6.07, 6.45) is -0.425. The zero-order valence-corrected chi connectivity index (χ0v) is 20.6. The minimum atomic E-state index is -3.14. The molecule has 2 amide bonds. The molecule has 5 N–H and O–H groups in total. The number of alkyl halides is 2. The van der Waals surface area contributed by atoms with Crippen molar-refractivity contribution >= 4 is 17.6 Å². The third-order valence-corrected chi connectivity index (χ3v) is 6.46. The van der Waals surface area contributed by atoms with E-state index in [1.165, 1.54) is 25.3 Å². The normalized spacial score (nSPS) is 17.3. The van der Waals surface area contributed by atoms with Crippen LogP contribution in [-0.4, -0.2) is 59.7 Å². The van der Waals surface area contributed by atoms with Crippen LogP contribution >= 0.6 is 0 Å². The van der Waals surface area contributed by atoms with Gasteiger partial charge in [-0.1, -0.05) is 12.1 Å². The maximum atomic E-state index is 15.0. The molecule has 3 aromatic rings. The van der Waals surface area contributed by atoms with Crippen molar-refractivity contribution in [3.63, 3.8) is 0 Å². The van der Waals surface area contributed by atoms with Gasteiger partial charge in [-0.3, -0.25) is 9.59 Å². The Morgan fingerprint density at radius 3 is 2.61 bits per heavy atom. The molecular weight excluding hydrogens is 508 g/mol. The number of hydrogen-bond acceptors (Lipinski definition) is 6. The van der Waals surface area contributed by atoms with Crippen molar-refractivity contribution in [3.05, 3.63) is 64.7 Å². The lowest BCUT2D eigenvalue weighted by Gasteiger charge is -2.36. The summed E-state index contributed by atoms with van der Waals surface area (Å²) < 4.78 is 64.0. The molecule has 1 atom stereocenters. The summed E-state index contributed by atoms with van der Waals surface area (Å²) in [6, 6.07) is 5.74. The van der Waals surface area contributed by atoms with Gasteiger partial charge in [-0.25, -0.2) is 22.2 Å². The van der Waals surface area contributed by atoms with Crippen LogP contribution in [0, 0.1) is 11.6 Å². The van der Waals surface area contributed by atoms with Gasteiger partial charge >= 0.3 is 0 Å². The summed E-state index contributed by atoms with van der Waals surface area (Å²) in [5, 5.41) is 6.65. The number of nitrogens with two attached hydrogens (primary N) is 2. The van der Waals surface area contributed by atoms with Crippen LogP contribution in [0.4, 0.5) is 23.4 Å².